The molecule has 4 heterocycles. The Labute approximate surface area is 469 Å². The second-order valence-electron chi connectivity index (χ2n) is 19.1. The molecule has 0 saturated carbocycles. The van der Waals surface area contributed by atoms with E-state index in [0.29, 0.717) is 90.4 Å². The maximum absolute atomic E-state index is 12.9. The first-order valence-corrected chi connectivity index (χ1v) is 26.9. The monoisotopic (exact) mass is 1120 g/mol. The molecule has 4 atom stereocenters. The average molecular weight is 1130 g/mol. The van der Waals surface area contributed by atoms with Crippen molar-refractivity contribution in [2.45, 2.75) is 37.6 Å². The molecule has 10 rings (SSSR count). The van der Waals surface area contributed by atoms with Gasteiger partial charge in [0.25, 0.3) is 11.8 Å². The van der Waals surface area contributed by atoms with Gasteiger partial charge in [0, 0.05) is 96.0 Å². The molecule has 404 valence electrons. The molecule has 6 aromatic rings. The third-order valence-corrected chi connectivity index (χ3v) is 14.8. The Hall–Kier alpha value is -6.20. The van der Waals surface area contributed by atoms with Crippen molar-refractivity contribution in [1.29, 1.82) is 0 Å². The molecule has 77 heavy (non-hydrogen) atoms. The number of phenolic OH excluding ortho intramolecular Hbond substituents is 1. The summed E-state index contributed by atoms with van der Waals surface area (Å²) < 4.78 is 41.6. The van der Waals surface area contributed by atoms with Gasteiger partial charge in [-0.1, -0.05) is 71.2 Å². The van der Waals surface area contributed by atoms with Gasteiger partial charge in [-0.25, -0.2) is 0 Å². The summed E-state index contributed by atoms with van der Waals surface area (Å²) in [5, 5.41) is 11.6. The van der Waals surface area contributed by atoms with Crippen LogP contribution in [0, 0.1) is 0 Å². The van der Waals surface area contributed by atoms with Crippen LogP contribution < -0.4 is 24.0 Å². The molecule has 4 aliphatic rings. The predicted octanol–water partition coefficient (Wildman–Crippen LogP) is 11.5. The van der Waals surface area contributed by atoms with E-state index in [0.717, 1.165) is 65.9 Å². The van der Waals surface area contributed by atoms with E-state index in [-0.39, 0.29) is 29.8 Å². The number of benzene rings is 6. The number of ether oxygens (including phenoxy) is 7. The van der Waals surface area contributed by atoms with Crippen molar-refractivity contribution in [2.75, 3.05) is 95.2 Å². The van der Waals surface area contributed by atoms with Gasteiger partial charge in [-0.15, -0.1) is 0 Å². The molecule has 4 aliphatic heterocycles. The second kappa shape index (κ2) is 25.1. The number of carbonyl (C=O) groups is 2. The Bertz CT molecular complexity index is 2980. The van der Waals surface area contributed by atoms with Gasteiger partial charge in [0.2, 0.25) is 0 Å². The number of hydrogen-bond donors (Lipinski definition) is 1. The highest BCUT2D eigenvalue weighted by Crippen LogP contribution is 2.40. The molecule has 1 N–H and O–H groups in total. The van der Waals surface area contributed by atoms with E-state index >= 15 is 0 Å². The zero-order valence-corrected chi connectivity index (χ0v) is 45.8. The fourth-order valence-electron chi connectivity index (χ4n) is 9.48. The Morgan fingerprint density at radius 2 is 0.935 bits per heavy atom. The van der Waals surface area contributed by atoms with Crippen LogP contribution in [0.15, 0.2) is 146 Å². The van der Waals surface area contributed by atoms with E-state index in [4.69, 9.17) is 79.6 Å². The Kier molecular flexibility index (Phi) is 18.1. The van der Waals surface area contributed by atoms with E-state index in [1.54, 1.807) is 42.5 Å². The number of halogens is 4. The van der Waals surface area contributed by atoms with E-state index < -0.39 is 11.6 Å². The molecule has 14 nitrogen and oxygen atoms in total. The summed E-state index contributed by atoms with van der Waals surface area (Å²) in [7, 11) is 0. The van der Waals surface area contributed by atoms with Crippen LogP contribution in [-0.4, -0.2) is 124 Å². The van der Waals surface area contributed by atoms with Gasteiger partial charge < -0.3 is 57.9 Å². The van der Waals surface area contributed by atoms with Crippen LogP contribution in [-0.2, 0) is 30.5 Å². The van der Waals surface area contributed by atoms with Gasteiger partial charge in [-0.2, -0.15) is 0 Å². The van der Waals surface area contributed by atoms with Crippen molar-refractivity contribution < 1.29 is 47.9 Å². The molecule has 4 fully saturated rings. The number of carbonyl (C=O) groups excluding carboxylic acids is 2. The lowest BCUT2D eigenvalue weighted by molar-refractivity contribution is -0.164. The highest BCUT2D eigenvalue weighted by molar-refractivity contribution is 6.35. The number of rotatable bonds is 15. The lowest BCUT2D eigenvalue weighted by Crippen LogP contribution is -2.48. The van der Waals surface area contributed by atoms with Crippen LogP contribution in [0.2, 0.25) is 20.1 Å². The highest BCUT2D eigenvalue weighted by Gasteiger charge is 2.42. The van der Waals surface area contributed by atoms with Crippen molar-refractivity contribution in [1.82, 2.24) is 9.80 Å². The van der Waals surface area contributed by atoms with Gasteiger partial charge in [-0.3, -0.25) is 9.59 Å². The van der Waals surface area contributed by atoms with Crippen molar-refractivity contribution in [3.05, 3.63) is 188 Å². The van der Waals surface area contributed by atoms with Crippen LogP contribution in [0.4, 0.5) is 11.4 Å². The summed E-state index contributed by atoms with van der Waals surface area (Å²) in [5.74, 6) is 0.476. The van der Waals surface area contributed by atoms with Gasteiger partial charge in [0.1, 0.15) is 55.0 Å². The van der Waals surface area contributed by atoms with Crippen molar-refractivity contribution in [3.63, 3.8) is 0 Å². The molecular formula is C59H60Cl4N4O10. The summed E-state index contributed by atoms with van der Waals surface area (Å²) in [6.45, 7) is 14.8. The summed E-state index contributed by atoms with van der Waals surface area (Å²) in [6.07, 6.45) is 1.21. The Balaban J connectivity index is 0.000000188. The van der Waals surface area contributed by atoms with Crippen LogP contribution in [0.3, 0.4) is 0 Å². The molecule has 18 heteroatoms. The summed E-state index contributed by atoms with van der Waals surface area (Å²) in [5.41, 5.74) is 4.88. The number of piperazine rings is 2. The summed E-state index contributed by atoms with van der Waals surface area (Å²) in [6, 6.07) is 40.1. The number of aromatic hydroxyl groups is 1. The van der Waals surface area contributed by atoms with E-state index in [1.165, 1.54) is 12.1 Å². The number of amides is 2. The van der Waals surface area contributed by atoms with Crippen LogP contribution in [0.25, 0.3) is 0 Å². The lowest BCUT2D eigenvalue weighted by atomic mass is 10.1. The van der Waals surface area contributed by atoms with Crippen LogP contribution in [0.1, 0.15) is 45.7 Å². The third kappa shape index (κ3) is 13.9. The fraction of sp³-hybridized carbons (Fsp3) is 0.322. The highest BCUT2D eigenvalue weighted by atomic mass is 35.5. The molecule has 4 saturated heterocycles. The van der Waals surface area contributed by atoms with Crippen LogP contribution in [0.5, 0.6) is 23.0 Å². The molecule has 0 radical (unpaired) electrons. The molecule has 2 amide bonds. The zero-order chi connectivity index (χ0) is 54.1. The fourth-order valence-corrected chi connectivity index (χ4v) is 10.6. The normalized spacial score (nSPS) is 21.3. The molecule has 0 spiro atoms. The largest absolute Gasteiger partial charge is 0.508 e. The third-order valence-electron chi connectivity index (χ3n) is 13.7. The first kappa shape index (κ1) is 55.6. The lowest BCUT2D eigenvalue weighted by Gasteiger charge is -2.36. The molecule has 6 aromatic carbocycles. The number of phenols is 1. The molecule has 0 bridgehead atoms. The van der Waals surface area contributed by atoms with E-state index in [2.05, 4.69) is 16.4 Å². The zero-order valence-electron chi connectivity index (χ0n) is 42.8. The van der Waals surface area contributed by atoms with Gasteiger partial charge in [-0.05, 0) is 135 Å². The minimum atomic E-state index is -0.953. The minimum absolute atomic E-state index is 0.0176. The predicted molar refractivity (Wildman–Crippen MR) is 300 cm³/mol. The smallest absolute Gasteiger partial charge is 0.253 e. The Morgan fingerprint density at radius 3 is 1.32 bits per heavy atom. The maximum atomic E-state index is 12.9. The van der Waals surface area contributed by atoms with Gasteiger partial charge >= 0.3 is 0 Å². The standard InChI is InChI=1S/C31H32Cl2N2O5.C28H28Cl2N2O5/c1-3-18-37-25-9-4-22(5-10-25)30(36)35-16-14-34(15-17-35)24-7-11-26(12-8-24)38-20-27-21-39-31(2,40-27)28-13-6-23(32)19-29(28)33;1-28(25-11-4-20(29)16-26(25)30)36-18-24(37-28)17-35-23-9-5-21(6-10-23)31-12-14-32(15-13-31)27(34)19-2-7-22(33)8-3-19/h3-13,19,27H,1,14-18,20-21H2,2H3;2-11,16,24,33H,12-15,17-18H2,1H3/t27-,31+;24-,28+/m11/s1. The number of anilines is 2. The van der Waals surface area contributed by atoms with E-state index in [1.807, 2.05) is 109 Å². The van der Waals surface area contributed by atoms with Crippen molar-refractivity contribution in [2.24, 2.45) is 0 Å². The average Bonchev–Trinajstić information content (AvgIpc) is 4.03. The minimum Gasteiger partial charge on any atom is -0.508 e. The topological polar surface area (TPSA) is 132 Å². The molecular weight excluding hydrogens is 1070 g/mol. The quantitative estimate of drug-likeness (QED) is 0.0982. The molecule has 0 unspecified atom stereocenters. The number of nitrogens with zero attached hydrogens (tertiary/aromatic N) is 4. The number of hydrogen-bond acceptors (Lipinski definition) is 12. The van der Waals surface area contributed by atoms with Gasteiger partial charge in [0.05, 0.1) is 23.3 Å². The summed E-state index contributed by atoms with van der Waals surface area (Å²) in [4.78, 5) is 33.9. The molecule has 0 aromatic heterocycles. The Morgan fingerprint density at radius 1 is 0.558 bits per heavy atom. The van der Waals surface area contributed by atoms with Crippen LogP contribution >= 0.6 is 46.4 Å². The first-order valence-electron chi connectivity index (χ1n) is 25.4. The molecule has 0 aliphatic carbocycles. The summed E-state index contributed by atoms with van der Waals surface area (Å²) >= 11 is 24.7. The van der Waals surface area contributed by atoms with Gasteiger partial charge in [0.15, 0.2) is 11.6 Å². The first-order chi connectivity index (χ1) is 37.1. The van der Waals surface area contributed by atoms with Crippen molar-refractivity contribution in [3.8, 4) is 23.0 Å². The maximum Gasteiger partial charge on any atom is 0.253 e. The van der Waals surface area contributed by atoms with Crippen molar-refractivity contribution >= 4 is 69.6 Å². The SMILES string of the molecule is C=CCOc1ccc(C(=O)N2CCN(c3ccc(OC[C@@H]4CO[C@](C)(c5ccc(Cl)cc5Cl)O4)cc3)CC2)cc1.C[C@]1(c2ccc(Cl)cc2Cl)OC[C@@H](COc2ccc(N3CCN(C(=O)c4ccc(O)cc4)CC3)cc2)O1. The van der Waals surface area contributed by atoms with E-state index in [9.17, 15) is 14.7 Å². The second-order valence-corrected chi connectivity index (χ2v) is 20.8.